The van der Waals surface area contributed by atoms with E-state index in [1.54, 1.807) is 0 Å². The van der Waals surface area contributed by atoms with Crippen LogP contribution in [0.4, 0.5) is 5.69 Å². The average molecular weight is 321 g/mol. The molecule has 0 saturated carbocycles. The zero-order chi connectivity index (χ0) is 14.9. The lowest BCUT2D eigenvalue weighted by atomic mass is 10.2. The van der Waals surface area contributed by atoms with Crippen molar-refractivity contribution in [1.29, 1.82) is 0 Å². The smallest absolute Gasteiger partial charge is 0.290 e. The largest absolute Gasteiger partial charge is 0.395 e. The third-order valence-electron chi connectivity index (χ3n) is 3.24. The Labute approximate surface area is 121 Å². The summed E-state index contributed by atoms with van der Waals surface area (Å²) in [6.07, 6.45) is 1.16. The summed E-state index contributed by atoms with van der Waals surface area (Å²) < 4.78 is 26.1. The molecule has 1 aliphatic heterocycles. The van der Waals surface area contributed by atoms with Gasteiger partial charge in [-0.25, -0.2) is 8.42 Å². The summed E-state index contributed by atoms with van der Waals surface area (Å²) >= 11 is 5.67. The monoisotopic (exact) mass is 320 g/mol. The van der Waals surface area contributed by atoms with Gasteiger partial charge in [-0.1, -0.05) is 11.6 Å². The van der Waals surface area contributed by atoms with Crippen molar-refractivity contribution in [2.45, 2.75) is 23.8 Å². The van der Waals surface area contributed by atoms with E-state index in [4.69, 9.17) is 11.6 Å². The summed E-state index contributed by atoms with van der Waals surface area (Å²) in [5.74, 6) is 0. The van der Waals surface area contributed by atoms with Crippen molar-refractivity contribution >= 4 is 27.3 Å². The summed E-state index contributed by atoms with van der Waals surface area (Å²) in [5, 5.41) is 20.3. The van der Waals surface area contributed by atoms with Crippen molar-refractivity contribution in [3.05, 3.63) is 33.3 Å². The molecule has 1 aliphatic rings. The van der Waals surface area contributed by atoms with Gasteiger partial charge in [0.05, 0.1) is 11.5 Å². The van der Waals surface area contributed by atoms with Gasteiger partial charge in [0.15, 0.2) is 4.90 Å². The molecule has 110 valence electrons. The first-order valence-corrected chi connectivity index (χ1v) is 7.76. The van der Waals surface area contributed by atoms with Crippen LogP contribution in [0.15, 0.2) is 23.1 Å². The Balaban J connectivity index is 2.52. The Kier molecular flexibility index (Phi) is 4.28. The maximum atomic E-state index is 12.5. The number of benzene rings is 1. The van der Waals surface area contributed by atoms with Crippen molar-refractivity contribution in [2.75, 3.05) is 13.2 Å². The fourth-order valence-corrected chi connectivity index (χ4v) is 4.28. The van der Waals surface area contributed by atoms with E-state index in [2.05, 4.69) is 0 Å². The molecular formula is C11H13ClN2O5S. The number of sulfonamides is 1. The van der Waals surface area contributed by atoms with E-state index >= 15 is 0 Å². The molecule has 0 amide bonds. The van der Waals surface area contributed by atoms with Crippen LogP contribution in [-0.2, 0) is 10.0 Å². The van der Waals surface area contributed by atoms with Crippen molar-refractivity contribution in [1.82, 2.24) is 4.31 Å². The van der Waals surface area contributed by atoms with Gasteiger partial charge in [-0.15, -0.1) is 0 Å². The molecule has 1 aromatic rings. The maximum absolute atomic E-state index is 12.5. The molecule has 9 heteroatoms. The third kappa shape index (κ3) is 2.64. The van der Waals surface area contributed by atoms with Gasteiger partial charge in [0.2, 0.25) is 10.0 Å². The van der Waals surface area contributed by atoms with Gasteiger partial charge in [-0.3, -0.25) is 10.1 Å². The van der Waals surface area contributed by atoms with Crippen molar-refractivity contribution in [3.8, 4) is 0 Å². The highest BCUT2D eigenvalue weighted by Crippen LogP contribution is 2.32. The minimum absolute atomic E-state index is 0.0933. The molecule has 1 heterocycles. The Bertz CT molecular complexity index is 634. The molecular weight excluding hydrogens is 308 g/mol. The molecule has 1 atom stereocenters. The van der Waals surface area contributed by atoms with Crippen LogP contribution in [0, 0.1) is 10.1 Å². The molecule has 2 rings (SSSR count). The highest BCUT2D eigenvalue weighted by molar-refractivity contribution is 7.89. The number of nitrogens with zero attached hydrogens (tertiary/aromatic N) is 2. The number of aliphatic hydroxyl groups excluding tert-OH is 1. The first kappa shape index (κ1) is 15.2. The van der Waals surface area contributed by atoms with Crippen LogP contribution in [0.3, 0.4) is 0 Å². The zero-order valence-corrected chi connectivity index (χ0v) is 12.0. The summed E-state index contributed by atoms with van der Waals surface area (Å²) in [5.41, 5.74) is -0.555. The minimum Gasteiger partial charge on any atom is -0.395 e. The van der Waals surface area contributed by atoms with Crippen LogP contribution in [-0.4, -0.2) is 41.9 Å². The van der Waals surface area contributed by atoms with Crippen LogP contribution in [0.1, 0.15) is 12.8 Å². The second kappa shape index (κ2) is 5.65. The Morgan fingerprint density at radius 1 is 1.50 bits per heavy atom. The molecule has 0 spiro atoms. The van der Waals surface area contributed by atoms with E-state index in [-0.39, 0.29) is 18.2 Å². The van der Waals surface area contributed by atoms with Gasteiger partial charge in [0.25, 0.3) is 5.69 Å². The molecule has 0 aliphatic carbocycles. The van der Waals surface area contributed by atoms with E-state index in [0.717, 1.165) is 16.4 Å². The molecule has 0 radical (unpaired) electrons. The Morgan fingerprint density at radius 2 is 2.20 bits per heavy atom. The molecule has 1 saturated heterocycles. The third-order valence-corrected chi connectivity index (χ3v) is 5.47. The molecule has 1 fully saturated rings. The van der Waals surface area contributed by atoms with E-state index < -0.39 is 31.6 Å². The molecule has 20 heavy (non-hydrogen) atoms. The van der Waals surface area contributed by atoms with Gasteiger partial charge in [-0.2, -0.15) is 4.31 Å². The normalized spacial score (nSPS) is 20.2. The molecule has 0 unspecified atom stereocenters. The second-order valence-electron chi connectivity index (χ2n) is 4.46. The highest BCUT2D eigenvalue weighted by Gasteiger charge is 2.38. The van der Waals surface area contributed by atoms with Crippen LogP contribution >= 0.6 is 11.6 Å². The topological polar surface area (TPSA) is 101 Å². The van der Waals surface area contributed by atoms with E-state index in [9.17, 15) is 23.6 Å². The standard InChI is InChI=1S/C11H13ClN2O5S/c12-8-3-4-11(10(6-8)14(16)17)20(18,19)13-5-1-2-9(13)7-15/h3-4,6,9,15H,1-2,5,7H2/t9-/m0/s1. The first-order chi connectivity index (χ1) is 9.37. The lowest BCUT2D eigenvalue weighted by Crippen LogP contribution is -2.37. The lowest BCUT2D eigenvalue weighted by molar-refractivity contribution is -0.387. The number of halogens is 1. The van der Waals surface area contributed by atoms with Crippen molar-refractivity contribution in [2.24, 2.45) is 0 Å². The summed E-state index contributed by atoms with van der Waals surface area (Å²) in [6, 6.07) is 2.90. The average Bonchev–Trinajstić information content (AvgIpc) is 2.87. The van der Waals surface area contributed by atoms with E-state index in [1.807, 2.05) is 0 Å². The highest BCUT2D eigenvalue weighted by atomic mass is 35.5. The summed E-state index contributed by atoms with van der Waals surface area (Å²) in [7, 11) is -4.02. The fraction of sp³-hybridized carbons (Fsp3) is 0.455. The fourth-order valence-electron chi connectivity index (χ4n) is 2.29. The lowest BCUT2D eigenvalue weighted by Gasteiger charge is -2.22. The Morgan fingerprint density at radius 3 is 2.80 bits per heavy atom. The van der Waals surface area contributed by atoms with Crippen LogP contribution in [0.5, 0.6) is 0 Å². The van der Waals surface area contributed by atoms with Crippen LogP contribution in [0.25, 0.3) is 0 Å². The molecule has 1 aromatic carbocycles. The quantitative estimate of drug-likeness (QED) is 0.667. The predicted octanol–water partition coefficient (Wildman–Crippen LogP) is 1.39. The van der Waals surface area contributed by atoms with Gasteiger partial charge >= 0.3 is 0 Å². The van der Waals surface area contributed by atoms with Crippen LogP contribution < -0.4 is 0 Å². The molecule has 1 N–H and O–H groups in total. The van der Waals surface area contributed by atoms with Gasteiger partial charge < -0.3 is 5.11 Å². The van der Waals surface area contributed by atoms with Gasteiger partial charge in [-0.05, 0) is 25.0 Å². The maximum Gasteiger partial charge on any atom is 0.290 e. The van der Waals surface area contributed by atoms with E-state index in [1.165, 1.54) is 6.07 Å². The summed E-state index contributed by atoms with van der Waals surface area (Å²) in [4.78, 5) is 9.83. The second-order valence-corrected chi connectivity index (χ2v) is 6.76. The molecule has 0 bridgehead atoms. The SMILES string of the molecule is O=[N+]([O-])c1cc(Cl)ccc1S(=O)(=O)N1CCC[C@H]1CO. The number of hydrogen-bond acceptors (Lipinski definition) is 5. The van der Waals surface area contributed by atoms with Gasteiger partial charge in [0.1, 0.15) is 0 Å². The number of rotatable bonds is 4. The minimum atomic E-state index is -4.02. The number of nitro benzene ring substituents is 1. The van der Waals surface area contributed by atoms with Crippen molar-refractivity contribution in [3.63, 3.8) is 0 Å². The van der Waals surface area contributed by atoms with Crippen LogP contribution in [0.2, 0.25) is 5.02 Å². The number of nitro groups is 1. The number of aliphatic hydroxyl groups is 1. The van der Waals surface area contributed by atoms with E-state index in [0.29, 0.717) is 12.8 Å². The predicted molar refractivity (Wildman–Crippen MR) is 72.1 cm³/mol. The summed E-state index contributed by atoms with van der Waals surface area (Å²) in [6.45, 7) is -0.0615. The van der Waals surface area contributed by atoms with Gasteiger partial charge in [0, 0.05) is 23.7 Å². The van der Waals surface area contributed by atoms with Crippen molar-refractivity contribution < 1.29 is 18.4 Å². The molecule has 0 aromatic heterocycles. The zero-order valence-electron chi connectivity index (χ0n) is 10.4. The first-order valence-electron chi connectivity index (χ1n) is 5.94. The Hall–Kier alpha value is -1.22. The molecule has 7 nitrogen and oxygen atoms in total. The number of hydrogen-bond donors (Lipinski definition) is 1.